The predicted octanol–water partition coefficient (Wildman–Crippen LogP) is 1.87. The highest BCUT2D eigenvalue weighted by Gasteiger charge is 2.15. The molecular formula is C21H22N4O3. The van der Waals surface area contributed by atoms with Gasteiger partial charge in [-0.05, 0) is 23.8 Å². The maximum absolute atomic E-state index is 12.7. The van der Waals surface area contributed by atoms with Crippen molar-refractivity contribution in [3.8, 4) is 0 Å². The van der Waals surface area contributed by atoms with E-state index in [1.165, 1.54) is 10.8 Å². The second-order valence-corrected chi connectivity index (χ2v) is 6.77. The molecule has 0 saturated carbocycles. The zero-order chi connectivity index (χ0) is 19.3. The molecule has 1 N–H and O–H groups in total. The van der Waals surface area contributed by atoms with Gasteiger partial charge in [0.1, 0.15) is 6.54 Å². The molecule has 1 amide bonds. The van der Waals surface area contributed by atoms with E-state index in [9.17, 15) is 9.59 Å². The number of nitrogens with one attached hydrogen (secondary N) is 1. The number of morpholine rings is 1. The number of hydrogen-bond acceptors (Lipinski definition) is 5. The highest BCUT2D eigenvalue weighted by atomic mass is 16.5. The molecule has 1 aliphatic heterocycles. The Hall–Kier alpha value is -3.03. The lowest BCUT2D eigenvalue weighted by Crippen LogP contribution is -2.36. The number of benzene rings is 2. The minimum Gasteiger partial charge on any atom is -0.379 e. The number of carbonyl (C=O) groups is 1. The number of anilines is 1. The fourth-order valence-corrected chi connectivity index (χ4v) is 3.39. The van der Waals surface area contributed by atoms with Crippen molar-refractivity contribution in [2.75, 3.05) is 31.6 Å². The van der Waals surface area contributed by atoms with E-state index in [0.717, 1.165) is 44.1 Å². The maximum atomic E-state index is 12.7. The Bertz CT molecular complexity index is 1040. The van der Waals surface area contributed by atoms with E-state index in [2.05, 4.69) is 15.2 Å². The van der Waals surface area contributed by atoms with Crippen LogP contribution in [-0.2, 0) is 22.6 Å². The van der Waals surface area contributed by atoms with E-state index in [0.29, 0.717) is 11.0 Å². The monoisotopic (exact) mass is 378 g/mol. The lowest BCUT2D eigenvalue weighted by atomic mass is 10.1. The van der Waals surface area contributed by atoms with Gasteiger partial charge in [-0.1, -0.05) is 30.3 Å². The molecule has 1 aromatic heterocycles. The smallest absolute Gasteiger partial charge is 0.269 e. The Kier molecular flexibility index (Phi) is 5.45. The third kappa shape index (κ3) is 4.11. The molecule has 7 nitrogen and oxygen atoms in total. The number of amides is 1. The van der Waals surface area contributed by atoms with Crippen LogP contribution in [0.1, 0.15) is 5.56 Å². The molecule has 3 aromatic rings. The highest BCUT2D eigenvalue weighted by Crippen LogP contribution is 2.18. The highest BCUT2D eigenvalue weighted by molar-refractivity contribution is 5.92. The van der Waals surface area contributed by atoms with Crippen molar-refractivity contribution >= 4 is 22.6 Å². The number of carbonyl (C=O) groups excluding carboxylic acids is 1. The van der Waals surface area contributed by atoms with Crippen molar-refractivity contribution in [3.63, 3.8) is 0 Å². The molecule has 0 aliphatic carbocycles. The zero-order valence-electron chi connectivity index (χ0n) is 15.5. The second-order valence-electron chi connectivity index (χ2n) is 6.77. The summed E-state index contributed by atoms with van der Waals surface area (Å²) in [7, 11) is 0. The molecule has 7 heteroatoms. The van der Waals surface area contributed by atoms with E-state index >= 15 is 0 Å². The third-order valence-electron chi connectivity index (χ3n) is 4.84. The predicted molar refractivity (Wildman–Crippen MR) is 107 cm³/mol. The van der Waals surface area contributed by atoms with E-state index < -0.39 is 0 Å². The third-order valence-corrected chi connectivity index (χ3v) is 4.84. The summed E-state index contributed by atoms with van der Waals surface area (Å²) in [4.78, 5) is 31.4. The lowest BCUT2D eigenvalue weighted by molar-refractivity contribution is -0.116. The first-order chi connectivity index (χ1) is 13.7. The van der Waals surface area contributed by atoms with Crippen LogP contribution in [0.3, 0.4) is 0 Å². The molecule has 1 fully saturated rings. The van der Waals surface area contributed by atoms with Gasteiger partial charge in [0.05, 0.1) is 30.4 Å². The van der Waals surface area contributed by atoms with Crippen molar-refractivity contribution in [3.05, 3.63) is 70.6 Å². The average molecular weight is 378 g/mol. The second kappa shape index (κ2) is 8.33. The summed E-state index contributed by atoms with van der Waals surface area (Å²) in [6.07, 6.45) is 1.25. The van der Waals surface area contributed by atoms with Gasteiger partial charge in [0.2, 0.25) is 5.91 Å². The molecule has 1 saturated heterocycles. The first-order valence-corrected chi connectivity index (χ1v) is 9.33. The van der Waals surface area contributed by atoms with Crippen LogP contribution in [-0.4, -0.2) is 46.7 Å². The molecule has 28 heavy (non-hydrogen) atoms. The molecule has 0 atom stereocenters. The van der Waals surface area contributed by atoms with Gasteiger partial charge in [0.25, 0.3) is 5.56 Å². The standard InChI is InChI=1S/C21H22N4O3/c26-20(15-25-19-8-4-3-7-18(19)22-13-21(25)27)23-17-6-2-1-5-16(17)14-24-9-11-28-12-10-24/h1-8,13H,9-12,14-15H2,(H,23,26). The molecule has 1 aliphatic rings. The van der Waals surface area contributed by atoms with Crippen molar-refractivity contribution in [1.29, 1.82) is 0 Å². The number of nitrogens with zero attached hydrogens (tertiary/aromatic N) is 3. The molecule has 4 rings (SSSR count). The molecule has 0 bridgehead atoms. The molecule has 144 valence electrons. The summed E-state index contributed by atoms with van der Waals surface area (Å²) in [5.41, 5.74) is 2.85. The van der Waals surface area contributed by atoms with Crippen molar-refractivity contribution in [1.82, 2.24) is 14.5 Å². The van der Waals surface area contributed by atoms with Gasteiger partial charge in [-0.3, -0.25) is 19.1 Å². The molecule has 0 radical (unpaired) electrons. The number of fused-ring (bicyclic) bond motifs is 1. The van der Waals surface area contributed by atoms with Crippen LogP contribution in [0.4, 0.5) is 5.69 Å². The van der Waals surface area contributed by atoms with Crippen LogP contribution in [0.25, 0.3) is 11.0 Å². The minimum atomic E-state index is -0.296. The lowest BCUT2D eigenvalue weighted by Gasteiger charge is -2.27. The van der Waals surface area contributed by atoms with Crippen molar-refractivity contribution in [2.24, 2.45) is 0 Å². The van der Waals surface area contributed by atoms with E-state index in [1.54, 1.807) is 6.07 Å². The Labute approximate surface area is 162 Å². The Balaban J connectivity index is 1.52. The Morgan fingerprint density at radius 3 is 2.68 bits per heavy atom. The SMILES string of the molecule is O=C(Cn1c(=O)cnc2ccccc21)Nc1ccccc1CN1CCOCC1. The molecule has 2 heterocycles. The van der Waals surface area contributed by atoms with Crippen LogP contribution in [0.5, 0.6) is 0 Å². The Morgan fingerprint density at radius 2 is 1.82 bits per heavy atom. The number of aromatic nitrogens is 2. The van der Waals surface area contributed by atoms with Gasteiger partial charge < -0.3 is 10.1 Å². The van der Waals surface area contributed by atoms with E-state index in [4.69, 9.17) is 4.74 Å². The molecule has 2 aromatic carbocycles. The summed E-state index contributed by atoms with van der Waals surface area (Å²) in [6.45, 7) is 3.90. The van der Waals surface area contributed by atoms with Gasteiger partial charge in [0, 0.05) is 25.3 Å². The van der Waals surface area contributed by atoms with Gasteiger partial charge in [-0.2, -0.15) is 0 Å². The quantitative estimate of drug-likeness (QED) is 0.734. The number of hydrogen-bond donors (Lipinski definition) is 1. The Morgan fingerprint density at radius 1 is 1.07 bits per heavy atom. The minimum absolute atomic E-state index is 0.0618. The normalized spacial score (nSPS) is 14.9. The average Bonchev–Trinajstić information content (AvgIpc) is 2.72. The fourth-order valence-electron chi connectivity index (χ4n) is 3.39. The maximum Gasteiger partial charge on any atom is 0.269 e. The van der Waals surface area contributed by atoms with Crippen molar-refractivity contribution < 1.29 is 9.53 Å². The van der Waals surface area contributed by atoms with Crippen LogP contribution in [0.2, 0.25) is 0 Å². The summed E-state index contributed by atoms with van der Waals surface area (Å²) in [5.74, 6) is -0.243. The zero-order valence-corrected chi connectivity index (χ0v) is 15.5. The fraction of sp³-hybridized carbons (Fsp3) is 0.286. The largest absolute Gasteiger partial charge is 0.379 e. The summed E-state index contributed by atoms with van der Waals surface area (Å²) in [5, 5.41) is 2.96. The molecule has 0 unspecified atom stereocenters. The van der Waals surface area contributed by atoms with Gasteiger partial charge in [-0.25, -0.2) is 4.98 Å². The van der Waals surface area contributed by atoms with E-state index in [-0.39, 0.29) is 18.0 Å². The first-order valence-electron chi connectivity index (χ1n) is 9.33. The molecular weight excluding hydrogens is 356 g/mol. The van der Waals surface area contributed by atoms with Gasteiger partial charge >= 0.3 is 0 Å². The summed E-state index contributed by atoms with van der Waals surface area (Å²) >= 11 is 0. The topological polar surface area (TPSA) is 76.5 Å². The first kappa shape index (κ1) is 18.3. The van der Waals surface area contributed by atoms with Crippen LogP contribution >= 0.6 is 0 Å². The number of ether oxygens (including phenoxy) is 1. The van der Waals surface area contributed by atoms with E-state index in [1.807, 2.05) is 42.5 Å². The molecule has 0 spiro atoms. The van der Waals surface area contributed by atoms with Crippen molar-refractivity contribution in [2.45, 2.75) is 13.1 Å². The number of rotatable bonds is 5. The van der Waals surface area contributed by atoms with Crippen LogP contribution in [0, 0.1) is 0 Å². The van der Waals surface area contributed by atoms with Crippen LogP contribution < -0.4 is 10.9 Å². The summed E-state index contributed by atoms with van der Waals surface area (Å²) in [6, 6.07) is 15.1. The van der Waals surface area contributed by atoms with Gasteiger partial charge in [-0.15, -0.1) is 0 Å². The van der Waals surface area contributed by atoms with Gasteiger partial charge in [0.15, 0.2) is 0 Å². The number of para-hydroxylation sites is 3. The summed E-state index contributed by atoms with van der Waals surface area (Å²) < 4.78 is 6.84. The van der Waals surface area contributed by atoms with Crippen LogP contribution in [0.15, 0.2) is 59.5 Å².